The topological polar surface area (TPSA) is 78.5 Å². The lowest BCUT2D eigenvalue weighted by molar-refractivity contribution is -0.139. The van der Waals surface area contributed by atoms with Gasteiger partial charge >= 0.3 is 6.03 Å². The Kier molecular flexibility index (Phi) is 4.07. The zero-order valence-corrected chi connectivity index (χ0v) is 13.2. The van der Waals surface area contributed by atoms with Crippen LogP contribution in [0.1, 0.15) is 43.2 Å². The Labute approximate surface area is 135 Å². The number of nitrogens with zero attached hydrogens (tertiary/aromatic N) is 1. The fraction of sp³-hybridized carbons (Fsp3) is 0.471. The second-order valence-corrected chi connectivity index (χ2v) is 6.35. The van der Waals surface area contributed by atoms with Crippen LogP contribution in [-0.2, 0) is 16.0 Å². The Morgan fingerprint density at radius 2 is 1.91 bits per heavy atom. The lowest BCUT2D eigenvalue weighted by atomic mass is 9.82. The van der Waals surface area contributed by atoms with Crippen molar-refractivity contribution in [3.63, 3.8) is 0 Å². The van der Waals surface area contributed by atoms with Crippen molar-refractivity contribution in [1.29, 1.82) is 0 Å². The van der Waals surface area contributed by atoms with Crippen LogP contribution in [0.15, 0.2) is 24.3 Å². The minimum absolute atomic E-state index is 0.136. The van der Waals surface area contributed by atoms with E-state index in [2.05, 4.69) is 10.7 Å². The molecule has 6 heteroatoms. The maximum absolute atomic E-state index is 12.6. The zero-order valence-electron chi connectivity index (χ0n) is 13.2. The molecule has 23 heavy (non-hydrogen) atoms. The van der Waals surface area contributed by atoms with Gasteiger partial charge in [-0.3, -0.25) is 15.0 Å². The van der Waals surface area contributed by atoms with Crippen LogP contribution in [-0.4, -0.2) is 28.4 Å². The lowest BCUT2D eigenvalue weighted by Crippen LogP contribution is -2.51. The summed E-state index contributed by atoms with van der Waals surface area (Å²) in [7, 11) is 0. The molecule has 1 spiro atoms. The third kappa shape index (κ3) is 2.93. The van der Waals surface area contributed by atoms with Gasteiger partial charge in [-0.05, 0) is 30.9 Å². The van der Waals surface area contributed by atoms with Crippen molar-refractivity contribution >= 4 is 17.8 Å². The van der Waals surface area contributed by atoms with Gasteiger partial charge in [0, 0.05) is 0 Å². The molecule has 0 atom stereocenters. The molecule has 1 saturated carbocycles. The Bertz CT molecular complexity index is 650. The number of carbonyl (C=O) groups is 3. The summed E-state index contributed by atoms with van der Waals surface area (Å²) in [4.78, 5) is 36.9. The van der Waals surface area contributed by atoms with E-state index in [9.17, 15) is 14.4 Å². The summed E-state index contributed by atoms with van der Waals surface area (Å²) in [5.74, 6) is -0.698. The predicted molar refractivity (Wildman–Crippen MR) is 84.2 cm³/mol. The van der Waals surface area contributed by atoms with Crippen molar-refractivity contribution in [2.24, 2.45) is 0 Å². The van der Waals surface area contributed by atoms with Gasteiger partial charge in [0.1, 0.15) is 5.54 Å². The largest absolute Gasteiger partial charge is 0.344 e. The number of amides is 4. The van der Waals surface area contributed by atoms with Crippen molar-refractivity contribution < 1.29 is 14.4 Å². The molecule has 122 valence electrons. The first kappa shape index (κ1) is 15.5. The lowest BCUT2D eigenvalue weighted by Gasteiger charge is -2.30. The van der Waals surface area contributed by atoms with Crippen LogP contribution in [0, 0.1) is 6.92 Å². The first-order valence-electron chi connectivity index (χ1n) is 8.02. The maximum Gasteiger partial charge on any atom is 0.344 e. The summed E-state index contributed by atoms with van der Waals surface area (Å²) in [5.41, 5.74) is 3.53. The number of nitrogens with one attached hydrogen (secondary N) is 2. The Morgan fingerprint density at radius 3 is 2.61 bits per heavy atom. The molecule has 1 aliphatic heterocycles. The molecule has 6 nitrogen and oxygen atoms in total. The van der Waals surface area contributed by atoms with Crippen LogP contribution in [0.2, 0.25) is 0 Å². The van der Waals surface area contributed by atoms with E-state index in [-0.39, 0.29) is 18.2 Å². The number of aryl methyl sites for hydroxylation is 1. The smallest absolute Gasteiger partial charge is 0.322 e. The molecule has 1 aromatic carbocycles. The third-order valence-electron chi connectivity index (χ3n) is 4.72. The van der Waals surface area contributed by atoms with Gasteiger partial charge in [0.15, 0.2) is 0 Å². The molecule has 0 aromatic heterocycles. The van der Waals surface area contributed by atoms with E-state index in [0.717, 1.165) is 35.4 Å². The van der Waals surface area contributed by atoms with Gasteiger partial charge in [-0.2, -0.15) is 5.01 Å². The third-order valence-corrected chi connectivity index (χ3v) is 4.72. The number of imide groups is 1. The molecule has 4 amide bonds. The highest BCUT2D eigenvalue weighted by Gasteiger charge is 2.52. The van der Waals surface area contributed by atoms with E-state index in [1.807, 2.05) is 31.2 Å². The molecule has 2 aliphatic rings. The number of benzene rings is 1. The highest BCUT2D eigenvalue weighted by atomic mass is 16.2. The van der Waals surface area contributed by atoms with Crippen molar-refractivity contribution in [3.05, 3.63) is 35.4 Å². The van der Waals surface area contributed by atoms with Crippen LogP contribution < -0.4 is 10.7 Å². The first-order valence-corrected chi connectivity index (χ1v) is 8.02. The van der Waals surface area contributed by atoms with Gasteiger partial charge in [0.05, 0.1) is 6.42 Å². The van der Waals surface area contributed by atoms with E-state index in [0.29, 0.717) is 12.8 Å². The van der Waals surface area contributed by atoms with E-state index in [1.54, 1.807) is 0 Å². The molecular formula is C17H21N3O3. The van der Waals surface area contributed by atoms with E-state index >= 15 is 0 Å². The summed E-state index contributed by atoms with van der Waals surface area (Å²) in [6, 6.07) is 7.02. The summed E-state index contributed by atoms with van der Waals surface area (Å²) in [5, 5.41) is 3.63. The maximum atomic E-state index is 12.6. The number of hydrogen-bond acceptors (Lipinski definition) is 3. The summed E-state index contributed by atoms with van der Waals surface area (Å²) < 4.78 is 0. The molecule has 1 aliphatic carbocycles. The Balaban J connectivity index is 1.68. The number of urea groups is 1. The number of carbonyl (C=O) groups excluding carboxylic acids is 3. The predicted octanol–water partition coefficient (Wildman–Crippen LogP) is 1.82. The molecule has 0 unspecified atom stereocenters. The molecular weight excluding hydrogens is 294 g/mol. The average Bonchev–Trinajstić information content (AvgIpc) is 2.75. The second-order valence-electron chi connectivity index (χ2n) is 6.35. The SMILES string of the molecule is Cc1ccccc1CC(=O)NN1C(=O)NC2(CCCCC2)C1=O. The fourth-order valence-corrected chi connectivity index (χ4v) is 3.36. The average molecular weight is 315 g/mol. The van der Waals surface area contributed by atoms with Crippen LogP contribution in [0.3, 0.4) is 0 Å². The van der Waals surface area contributed by atoms with E-state index < -0.39 is 11.6 Å². The number of hydrogen-bond donors (Lipinski definition) is 2. The molecule has 1 aromatic rings. The van der Waals surface area contributed by atoms with Crippen LogP contribution >= 0.6 is 0 Å². The van der Waals surface area contributed by atoms with Gasteiger partial charge < -0.3 is 5.32 Å². The van der Waals surface area contributed by atoms with E-state index in [1.165, 1.54) is 0 Å². The van der Waals surface area contributed by atoms with Crippen LogP contribution in [0.25, 0.3) is 0 Å². The Morgan fingerprint density at radius 1 is 1.22 bits per heavy atom. The van der Waals surface area contributed by atoms with Crippen LogP contribution in [0.4, 0.5) is 4.79 Å². The summed E-state index contributed by atoms with van der Waals surface area (Å²) in [6.07, 6.45) is 4.32. The van der Waals surface area contributed by atoms with Crippen LogP contribution in [0.5, 0.6) is 0 Å². The van der Waals surface area contributed by atoms with Gasteiger partial charge in [-0.25, -0.2) is 4.79 Å². The molecule has 1 heterocycles. The molecule has 2 N–H and O–H groups in total. The van der Waals surface area contributed by atoms with Crippen molar-refractivity contribution in [2.45, 2.75) is 51.0 Å². The van der Waals surface area contributed by atoms with Gasteiger partial charge in [-0.1, -0.05) is 43.5 Å². The monoisotopic (exact) mass is 315 g/mol. The minimum Gasteiger partial charge on any atom is -0.322 e. The quantitative estimate of drug-likeness (QED) is 0.835. The molecule has 0 radical (unpaired) electrons. The highest BCUT2D eigenvalue weighted by molar-refractivity contribution is 6.08. The number of rotatable bonds is 3. The van der Waals surface area contributed by atoms with Gasteiger partial charge in [0.2, 0.25) is 5.91 Å². The van der Waals surface area contributed by atoms with Crippen molar-refractivity contribution in [3.8, 4) is 0 Å². The Hall–Kier alpha value is -2.37. The van der Waals surface area contributed by atoms with Crippen molar-refractivity contribution in [1.82, 2.24) is 15.8 Å². The minimum atomic E-state index is -0.814. The normalized spacial score (nSPS) is 19.8. The second kappa shape index (κ2) is 6.02. The summed E-state index contributed by atoms with van der Waals surface area (Å²) in [6.45, 7) is 1.92. The zero-order chi connectivity index (χ0) is 16.4. The number of hydrazine groups is 1. The van der Waals surface area contributed by atoms with E-state index in [4.69, 9.17) is 0 Å². The molecule has 2 fully saturated rings. The first-order chi connectivity index (χ1) is 11.0. The van der Waals surface area contributed by atoms with Gasteiger partial charge in [0.25, 0.3) is 5.91 Å². The molecule has 3 rings (SSSR count). The highest BCUT2D eigenvalue weighted by Crippen LogP contribution is 2.32. The van der Waals surface area contributed by atoms with Gasteiger partial charge in [-0.15, -0.1) is 0 Å². The molecule has 0 bridgehead atoms. The summed E-state index contributed by atoms with van der Waals surface area (Å²) >= 11 is 0. The molecule has 1 saturated heterocycles. The fourth-order valence-electron chi connectivity index (χ4n) is 3.36. The standard InChI is InChI=1S/C17H21N3O3/c1-12-7-3-4-8-13(12)11-14(21)19-20-15(22)17(18-16(20)23)9-5-2-6-10-17/h3-4,7-8H,2,5-6,9-11H2,1H3,(H,18,23)(H,19,21). The van der Waals surface area contributed by atoms with Crippen molar-refractivity contribution in [2.75, 3.05) is 0 Å².